The standard InChI is InChI=1S/C14H13O2P/c1-9-7-8-12-14(10(9)2)17(15)13-6-4-3-5-11(13)16-12/h3-8,17H,1-2H3. The number of hydrogen-bond donors (Lipinski definition) is 0. The van der Waals surface area contributed by atoms with E-state index in [0.29, 0.717) is 0 Å². The molecule has 1 atom stereocenters. The summed E-state index contributed by atoms with van der Waals surface area (Å²) in [5.74, 6) is 1.47. The SMILES string of the molecule is Cc1ccc2c(c1C)[PH](=O)c1ccccc1O2. The van der Waals surface area contributed by atoms with Gasteiger partial charge in [0.05, 0.1) is 10.6 Å². The smallest absolute Gasteiger partial charge is 0.139 e. The Morgan fingerprint density at radius 3 is 2.59 bits per heavy atom. The Kier molecular flexibility index (Phi) is 2.34. The van der Waals surface area contributed by atoms with Crippen molar-refractivity contribution in [3.05, 3.63) is 47.5 Å². The predicted molar refractivity (Wildman–Crippen MR) is 70.7 cm³/mol. The Morgan fingerprint density at radius 1 is 1.00 bits per heavy atom. The van der Waals surface area contributed by atoms with Crippen molar-refractivity contribution in [3.8, 4) is 11.5 Å². The second kappa shape index (κ2) is 3.75. The molecule has 3 heteroatoms. The maximum atomic E-state index is 12.6. The van der Waals surface area contributed by atoms with Gasteiger partial charge < -0.3 is 9.30 Å². The lowest BCUT2D eigenvalue weighted by atomic mass is 10.1. The molecule has 0 amide bonds. The van der Waals surface area contributed by atoms with Crippen LogP contribution in [-0.4, -0.2) is 0 Å². The zero-order valence-corrected chi connectivity index (χ0v) is 10.8. The summed E-state index contributed by atoms with van der Waals surface area (Å²) >= 11 is 0. The molecular weight excluding hydrogens is 231 g/mol. The molecule has 0 aromatic heterocycles. The Hall–Kier alpha value is -1.53. The first-order valence-corrected chi connectivity index (χ1v) is 7.01. The van der Waals surface area contributed by atoms with E-state index in [-0.39, 0.29) is 0 Å². The van der Waals surface area contributed by atoms with Crippen LogP contribution >= 0.6 is 7.80 Å². The van der Waals surface area contributed by atoms with Gasteiger partial charge in [0.1, 0.15) is 19.3 Å². The van der Waals surface area contributed by atoms with E-state index >= 15 is 0 Å². The van der Waals surface area contributed by atoms with Gasteiger partial charge in [0.25, 0.3) is 0 Å². The van der Waals surface area contributed by atoms with Gasteiger partial charge >= 0.3 is 0 Å². The summed E-state index contributed by atoms with van der Waals surface area (Å²) in [7, 11) is -1.93. The molecule has 17 heavy (non-hydrogen) atoms. The van der Waals surface area contributed by atoms with E-state index in [1.807, 2.05) is 50.2 Å². The Labute approximate surface area is 101 Å². The van der Waals surface area contributed by atoms with Crippen molar-refractivity contribution in [2.24, 2.45) is 0 Å². The predicted octanol–water partition coefficient (Wildman–Crippen LogP) is 2.92. The summed E-state index contributed by atoms with van der Waals surface area (Å²) in [6, 6.07) is 11.5. The number of ether oxygens (including phenoxy) is 1. The molecule has 2 nitrogen and oxygen atoms in total. The summed E-state index contributed by atoms with van der Waals surface area (Å²) in [4.78, 5) is 0. The zero-order chi connectivity index (χ0) is 12.0. The van der Waals surface area contributed by atoms with Gasteiger partial charge in [-0.15, -0.1) is 0 Å². The van der Waals surface area contributed by atoms with Crippen LogP contribution in [0.5, 0.6) is 11.5 Å². The topological polar surface area (TPSA) is 26.3 Å². The Bertz CT molecular complexity index is 632. The Balaban J connectivity index is 2.28. The van der Waals surface area contributed by atoms with Crippen LogP contribution in [0.15, 0.2) is 36.4 Å². The number of hydrogen-bond acceptors (Lipinski definition) is 2. The molecule has 1 unspecified atom stereocenters. The second-order valence-corrected chi connectivity index (χ2v) is 6.00. The molecule has 86 valence electrons. The van der Waals surface area contributed by atoms with Gasteiger partial charge in [-0.25, -0.2) is 0 Å². The van der Waals surface area contributed by atoms with Crippen LogP contribution in [0.3, 0.4) is 0 Å². The molecule has 2 aromatic carbocycles. The molecule has 1 heterocycles. The molecule has 2 aromatic rings. The van der Waals surface area contributed by atoms with Crippen molar-refractivity contribution in [2.45, 2.75) is 13.8 Å². The molecule has 0 saturated carbocycles. The quantitative estimate of drug-likeness (QED) is 0.568. The van der Waals surface area contributed by atoms with Gasteiger partial charge in [-0.3, -0.25) is 0 Å². The molecule has 0 radical (unpaired) electrons. The molecule has 1 aliphatic rings. The fourth-order valence-corrected chi connectivity index (χ4v) is 3.93. The highest BCUT2D eigenvalue weighted by atomic mass is 31.1. The van der Waals surface area contributed by atoms with Crippen LogP contribution in [0.2, 0.25) is 0 Å². The molecule has 1 aliphatic heterocycles. The summed E-state index contributed by atoms with van der Waals surface area (Å²) in [5, 5.41) is 1.72. The van der Waals surface area contributed by atoms with Crippen LogP contribution < -0.4 is 15.3 Å². The van der Waals surface area contributed by atoms with Crippen LogP contribution in [0.4, 0.5) is 0 Å². The molecule has 3 rings (SSSR count). The molecule has 0 fully saturated rings. The first-order chi connectivity index (χ1) is 8.18. The lowest BCUT2D eigenvalue weighted by molar-refractivity contribution is 0.485. The second-order valence-electron chi connectivity index (χ2n) is 4.31. The monoisotopic (exact) mass is 244 g/mol. The highest BCUT2D eigenvalue weighted by molar-refractivity contribution is 7.62. The van der Waals surface area contributed by atoms with Gasteiger partial charge in [-0.2, -0.15) is 0 Å². The number of benzene rings is 2. The van der Waals surface area contributed by atoms with E-state index in [1.54, 1.807) is 0 Å². The van der Waals surface area contributed by atoms with E-state index in [1.165, 1.54) is 0 Å². The maximum absolute atomic E-state index is 12.6. The third kappa shape index (κ3) is 1.52. The molecule has 0 saturated heterocycles. The van der Waals surface area contributed by atoms with Crippen LogP contribution in [-0.2, 0) is 4.57 Å². The minimum absolute atomic E-state index is 0.729. The molecule has 0 bridgehead atoms. The van der Waals surface area contributed by atoms with E-state index < -0.39 is 7.80 Å². The van der Waals surface area contributed by atoms with Crippen molar-refractivity contribution in [1.29, 1.82) is 0 Å². The fourth-order valence-electron chi connectivity index (χ4n) is 2.15. The number of fused-ring (bicyclic) bond motifs is 2. The minimum atomic E-state index is -1.93. The fraction of sp³-hybridized carbons (Fsp3) is 0.143. The van der Waals surface area contributed by atoms with E-state index in [2.05, 4.69) is 0 Å². The highest BCUT2D eigenvalue weighted by Gasteiger charge is 2.25. The van der Waals surface area contributed by atoms with Crippen molar-refractivity contribution >= 4 is 18.4 Å². The summed E-state index contributed by atoms with van der Waals surface area (Å²) in [6.07, 6.45) is 0. The highest BCUT2D eigenvalue weighted by Crippen LogP contribution is 2.38. The van der Waals surface area contributed by atoms with Crippen molar-refractivity contribution < 1.29 is 9.30 Å². The first kappa shape index (κ1) is 10.6. The lowest BCUT2D eigenvalue weighted by Gasteiger charge is -2.22. The molecular formula is C14H13O2P. The van der Waals surface area contributed by atoms with Gasteiger partial charge in [-0.1, -0.05) is 18.2 Å². The number of para-hydroxylation sites is 1. The van der Waals surface area contributed by atoms with Gasteiger partial charge in [-0.05, 0) is 43.2 Å². The third-order valence-electron chi connectivity index (χ3n) is 3.28. The largest absolute Gasteiger partial charge is 0.456 e. The third-order valence-corrected chi connectivity index (χ3v) is 5.25. The van der Waals surface area contributed by atoms with Crippen LogP contribution in [0.1, 0.15) is 11.1 Å². The van der Waals surface area contributed by atoms with Crippen molar-refractivity contribution in [1.82, 2.24) is 0 Å². The minimum Gasteiger partial charge on any atom is -0.456 e. The average molecular weight is 244 g/mol. The lowest BCUT2D eigenvalue weighted by Crippen LogP contribution is -2.20. The average Bonchev–Trinajstić information content (AvgIpc) is 2.34. The molecule has 0 spiro atoms. The van der Waals surface area contributed by atoms with Crippen molar-refractivity contribution in [2.75, 3.05) is 0 Å². The normalized spacial score (nSPS) is 16.9. The Morgan fingerprint density at radius 2 is 1.76 bits per heavy atom. The summed E-state index contributed by atoms with van der Waals surface area (Å²) < 4.78 is 18.4. The van der Waals surface area contributed by atoms with E-state index in [9.17, 15) is 4.57 Å². The van der Waals surface area contributed by atoms with Crippen molar-refractivity contribution in [3.63, 3.8) is 0 Å². The van der Waals surface area contributed by atoms with Gasteiger partial charge in [0.15, 0.2) is 0 Å². The first-order valence-electron chi connectivity index (χ1n) is 5.60. The maximum Gasteiger partial charge on any atom is 0.139 e. The molecule has 0 aliphatic carbocycles. The zero-order valence-electron chi connectivity index (χ0n) is 9.78. The molecule has 0 N–H and O–H groups in total. The summed E-state index contributed by atoms with van der Waals surface area (Å²) in [6.45, 7) is 4.04. The van der Waals surface area contributed by atoms with Gasteiger partial charge in [0.2, 0.25) is 0 Å². The van der Waals surface area contributed by atoms with Crippen LogP contribution in [0, 0.1) is 13.8 Å². The van der Waals surface area contributed by atoms with Crippen LogP contribution in [0.25, 0.3) is 0 Å². The van der Waals surface area contributed by atoms with E-state index in [0.717, 1.165) is 33.2 Å². The summed E-state index contributed by atoms with van der Waals surface area (Å²) in [5.41, 5.74) is 2.24. The number of aryl methyl sites for hydroxylation is 1. The van der Waals surface area contributed by atoms with Gasteiger partial charge in [0, 0.05) is 0 Å². The number of rotatable bonds is 0. The van der Waals surface area contributed by atoms with E-state index in [4.69, 9.17) is 4.74 Å².